The average Bonchev–Trinajstić information content (AvgIpc) is 3.62. The van der Waals surface area contributed by atoms with E-state index in [1.807, 2.05) is 0 Å². The molecular weight excluding hydrogens is 661 g/mol. The van der Waals surface area contributed by atoms with E-state index < -0.39 is 0 Å². The standard InChI is InChI=1S/C50H32N2S/c1-4-12-33(13-5-1)37-20-23-38(24-21-37)47-49-48(45-27-26-41(32-46(45)53-49)40-25-22-36-18-10-11-19-39(36)28-40)52-50(51-47)44-30-42(34-14-6-2-7-15-34)29-43(31-44)35-16-8-3-9-17-35/h1-32H. The highest BCUT2D eigenvalue weighted by Crippen LogP contribution is 2.42. The molecule has 0 radical (unpaired) electrons. The minimum absolute atomic E-state index is 0.716. The Balaban J connectivity index is 1.18. The number of rotatable bonds is 6. The summed E-state index contributed by atoms with van der Waals surface area (Å²) in [4.78, 5) is 10.8. The van der Waals surface area contributed by atoms with Crippen molar-refractivity contribution in [1.29, 1.82) is 0 Å². The summed E-state index contributed by atoms with van der Waals surface area (Å²) in [7, 11) is 0. The van der Waals surface area contributed by atoms with Crippen molar-refractivity contribution in [1.82, 2.24) is 9.97 Å². The highest BCUT2D eigenvalue weighted by atomic mass is 32.1. The van der Waals surface area contributed by atoms with Crippen LogP contribution in [0.25, 0.3) is 98.2 Å². The van der Waals surface area contributed by atoms with E-state index in [4.69, 9.17) is 9.97 Å². The topological polar surface area (TPSA) is 25.8 Å². The summed E-state index contributed by atoms with van der Waals surface area (Å²) in [5, 5.41) is 3.63. The van der Waals surface area contributed by atoms with Gasteiger partial charge < -0.3 is 0 Å². The molecule has 2 nitrogen and oxygen atoms in total. The van der Waals surface area contributed by atoms with Gasteiger partial charge in [0.2, 0.25) is 0 Å². The number of thiophene rings is 1. The molecule has 0 aliphatic rings. The van der Waals surface area contributed by atoms with Gasteiger partial charge in [0.25, 0.3) is 0 Å². The van der Waals surface area contributed by atoms with E-state index in [9.17, 15) is 0 Å². The maximum Gasteiger partial charge on any atom is 0.160 e. The number of hydrogen-bond donors (Lipinski definition) is 0. The van der Waals surface area contributed by atoms with Crippen molar-refractivity contribution in [2.24, 2.45) is 0 Å². The minimum Gasteiger partial charge on any atom is -0.226 e. The third-order valence-electron chi connectivity index (χ3n) is 10.1. The van der Waals surface area contributed by atoms with Gasteiger partial charge in [-0.25, -0.2) is 9.97 Å². The van der Waals surface area contributed by atoms with Crippen LogP contribution in [0.1, 0.15) is 0 Å². The number of hydrogen-bond acceptors (Lipinski definition) is 3. The van der Waals surface area contributed by atoms with Gasteiger partial charge in [-0.3, -0.25) is 0 Å². The third-order valence-corrected chi connectivity index (χ3v) is 11.2. The molecule has 0 bridgehead atoms. The molecule has 248 valence electrons. The Morgan fingerprint density at radius 3 is 1.47 bits per heavy atom. The Kier molecular flexibility index (Phi) is 7.71. The van der Waals surface area contributed by atoms with Crippen molar-refractivity contribution in [2.45, 2.75) is 0 Å². The monoisotopic (exact) mass is 692 g/mol. The van der Waals surface area contributed by atoms with Crippen LogP contribution >= 0.6 is 11.3 Å². The van der Waals surface area contributed by atoms with Crippen molar-refractivity contribution < 1.29 is 0 Å². The Morgan fingerprint density at radius 2 is 0.811 bits per heavy atom. The molecule has 2 aromatic heterocycles. The van der Waals surface area contributed by atoms with Crippen LogP contribution < -0.4 is 0 Å². The normalized spacial score (nSPS) is 11.4. The second-order valence-corrected chi connectivity index (χ2v) is 14.5. The van der Waals surface area contributed by atoms with Gasteiger partial charge in [0.05, 0.1) is 15.9 Å². The fourth-order valence-corrected chi connectivity index (χ4v) is 8.51. The molecule has 2 heterocycles. The number of aromatic nitrogens is 2. The molecule has 0 atom stereocenters. The summed E-state index contributed by atoms with van der Waals surface area (Å²) < 4.78 is 2.29. The van der Waals surface area contributed by atoms with Crippen LogP contribution in [0.2, 0.25) is 0 Å². The van der Waals surface area contributed by atoms with Crippen LogP contribution in [0.3, 0.4) is 0 Å². The van der Waals surface area contributed by atoms with Crippen LogP contribution in [0, 0.1) is 0 Å². The van der Waals surface area contributed by atoms with Crippen LogP contribution in [0.5, 0.6) is 0 Å². The van der Waals surface area contributed by atoms with E-state index in [1.54, 1.807) is 11.3 Å². The van der Waals surface area contributed by atoms with Crippen LogP contribution in [-0.4, -0.2) is 9.97 Å². The van der Waals surface area contributed by atoms with E-state index >= 15 is 0 Å². The van der Waals surface area contributed by atoms with E-state index in [2.05, 4.69) is 194 Å². The van der Waals surface area contributed by atoms with E-state index in [1.165, 1.54) is 37.7 Å². The molecule has 0 N–H and O–H groups in total. The van der Waals surface area contributed by atoms with Gasteiger partial charge >= 0.3 is 0 Å². The van der Waals surface area contributed by atoms with Crippen molar-refractivity contribution in [2.75, 3.05) is 0 Å². The zero-order valence-corrected chi connectivity index (χ0v) is 29.6. The molecule has 0 saturated heterocycles. The molecule has 0 aliphatic heterocycles. The molecule has 3 heteroatoms. The number of fused-ring (bicyclic) bond motifs is 4. The van der Waals surface area contributed by atoms with Crippen LogP contribution in [-0.2, 0) is 0 Å². The van der Waals surface area contributed by atoms with Gasteiger partial charge in [-0.15, -0.1) is 11.3 Å². The Labute approximate surface area is 312 Å². The van der Waals surface area contributed by atoms with Crippen LogP contribution in [0.15, 0.2) is 194 Å². The predicted molar refractivity (Wildman–Crippen MR) is 225 cm³/mol. The molecule has 0 unspecified atom stereocenters. The van der Waals surface area contributed by atoms with Crippen molar-refractivity contribution in [3.05, 3.63) is 194 Å². The zero-order valence-electron chi connectivity index (χ0n) is 28.8. The summed E-state index contributed by atoms with van der Waals surface area (Å²) in [6.07, 6.45) is 0. The molecule has 0 saturated carbocycles. The second-order valence-electron chi connectivity index (χ2n) is 13.4. The summed E-state index contributed by atoms with van der Waals surface area (Å²) in [5.74, 6) is 0.716. The lowest BCUT2D eigenvalue weighted by Gasteiger charge is -2.12. The first kappa shape index (κ1) is 31.1. The predicted octanol–water partition coefficient (Wildman–Crippen LogP) is 14.0. The maximum atomic E-state index is 5.42. The first-order valence-electron chi connectivity index (χ1n) is 17.9. The van der Waals surface area contributed by atoms with E-state index in [0.29, 0.717) is 5.82 Å². The van der Waals surface area contributed by atoms with Gasteiger partial charge in [0.15, 0.2) is 5.82 Å². The fraction of sp³-hybridized carbons (Fsp3) is 0. The Bertz CT molecular complexity index is 2860. The van der Waals surface area contributed by atoms with Gasteiger partial charge in [-0.2, -0.15) is 0 Å². The summed E-state index contributed by atoms with van der Waals surface area (Å²) in [5.41, 5.74) is 13.3. The lowest BCUT2D eigenvalue weighted by atomic mass is 9.95. The highest BCUT2D eigenvalue weighted by Gasteiger charge is 2.19. The molecule has 53 heavy (non-hydrogen) atoms. The molecular formula is C50H32N2S. The Morgan fingerprint density at radius 1 is 0.321 bits per heavy atom. The third kappa shape index (κ3) is 5.87. The van der Waals surface area contributed by atoms with Crippen molar-refractivity contribution in [3.8, 4) is 67.2 Å². The molecule has 0 amide bonds. The molecule has 10 rings (SSSR count). The fourth-order valence-electron chi connectivity index (χ4n) is 7.32. The van der Waals surface area contributed by atoms with Crippen molar-refractivity contribution in [3.63, 3.8) is 0 Å². The summed E-state index contributed by atoms with van der Waals surface area (Å²) >= 11 is 1.78. The molecule has 0 aliphatic carbocycles. The maximum absolute atomic E-state index is 5.42. The van der Waals surface area contributed by atoms with Gasteiger partial charge in [0.1, 0.15) is 0 Å². The SMILES string of the molecule is c1ccc(-c2ccc(-c3nc(-c4cc(-c5ccccc5)cc(-c5ccccc5)c4)nc4c3sc3cc(-c5ccc6ccccc6c5)ccc34)cc2)cc1. The molecule has 10 aromatic rings. The lowest BCUT2D eigenvalue weighted by Crippen LogP contribution is -1.95. The van der Waals surface area contributed by atoms with Gasteiger partial charge in [-0.1, -0.05) is 164 Å². The number of benzene rings is 8. The lowest BCUT2D eigenvalue weighted by molar-refractivity contribution is 1.24. The van der Waals surface area contributed by atoms with E-state index in [0.717, 1.165) is 54.7 Å². The first-order chi connectivity index (χ1) is 26.2. The number of nitrogens with zero attached hydrogens (tertiary/aromatic N) is 2. The molecule has 0 spiro atoms. The summed E-state index contributed by atoms with van der Waals surface area (Å²) in [6, 6.07) is 69.3. The van der Waals surface area contributed by atoms with Gasteiger partial charge in [-0.05, 0) is 85.6 Å². The molecule has 8 aromatic carbocycles. The summed E-state index contributed by atoms with van der Waals surface area (Å²) in [6.45, 7) is 0. The zero-order chi connectivity index (χ0) is 35.1. The molecule has 0 fully saturated rings. The van der Waals surface area contributed by atoms with Crippen LogP contribution in [0.4, 0.5) is 0 Å². The highest BCUT2D eigenvalue weighted by molar-refractivity contribution is 7.26. The van der Waals surface area contributed by atoms with Gasteiger partial charge in [0, 0.05) is 21.2 Å². The first-order valence-corrected chi connectivity index (χ1v) is 18.7. The quantitative estimate of drug-likeness (QED) is 0.173. The smallest absolute Gasteiger partial charge is 0.160 e. The Hall–Kier alpha value is -6.68. The van der Waals surface area contributed by atoms with Crippen molar-refractivity contribution >= 4 is 42.4 Å². The minimum atomic E-state index is 0.716. The average molecular weight is 693 g/mol. The second kappa shape index (κ2) is 13.1. The largest absolute Gasteiger partial charge is 0.226 e. The van der Waals surface area contributed by atoms with E-state index in [-0.39, 0.29) is 0 Å².